The molecule has 0 spiro atoms. The monoisotopic (exact) mass is 442 g/mol. The molecular formula is C21H26N6O3S. The van der Waals surface area contributed by atoms with E-state index in [1.807, 2.05) is 6.92 Å². The topological polar surface area (TPSA) is 133 Å². The molecule has 0 bridgehead atoms. The number of anilines is 1. The Kier molecular flexibility index (Phi) is 5.65. The van der Waals surface area contributed by atoms with E-state index in [9.17, 15) is 13.2 Å². The van der Waals surface area contributed by atoms with Gasteiger partial charge in [-0.05, 0) is 55.9 Å². The van der Waals surface area contributed by atoms with Crippen molar-refractivity contribution in [1.82, 2.24) is 19.7 Å². The van der Waals surface area contributed by atoms with Crippen molar-refractivity contribution in [3.05, 3.63) is 36.8 Å². The first-order chi connectivity index (χ1) is 14.7. The van der Waals surface area contributed by atoms with Gasteiger partial charge in [0.15, 0.2) is 15.5 Å². The molecule has 0 radical (unpaired) electrons. The molecule has 1 aliphatic carbocycles. The maximum absolute atomic E-state index is 11.7. The number of fused-ring (bicyclic) bond motifs is 1. The standard InChI is InChI=1S/C21H26N6O3S/c1-13(19(22)28)14-3-5-15(6-4-14)26-20-18-11-25-27(21(18)24-12-23-20)16-7-9-17(10-8-16)31(2,29)30/h7-15H,3-6H2,1-2H3,(H2,22,28)(H,23,24,26). The number of hydrogen-bond acceptors (Lipinski definition) is 7. The fourth-order valence-corrected chi connectivity index (χ4v) is 4.80. The molecule has 1 fully saturated rings. The third-order valence-corrected chi connectivity index (χ3v) is 7.27. The Labute approximate surface area is 181 Å². The first-order valence-electron chi connectivity index (χ1n) is 10.3. The van der Waals surface area contributed by atoms with Crippen LogP contribution in [0.15, 0.2) is 41.7 Å². The fourth-order valence-electron chi connectivity index (χ4n) is 4.17. The van der Waals surface area contributed by atoms with Crippen molar-refractivity contribution >= 4 is 32.6 Å². The molecule has 31 heavy (non-hydrogen) atoms. The Morgan fingerprint density at radius 1 is 1.16 bits per heavy atom. The molecular weight excluding hydrogens is 416 g/mol. The van der Waals surface area contributed by atoms with E-state index in [1.54, 1.807) is 35.1 Å². The van der Waals surface area contributed by atoms with Crippen LogP contribution in [0.1, 0.15) is 32.6 Å². The highest BCUT2D eigenvalue weighted by Crippen LogP contribution is 2.32. The molecule has 1 saturated carbocycles. The van der Waals surface area contributed by atoms with Crippen molar-refractivity contribution in [1.29, 1.82) is 0 Å². The van der Waals surface area contributed by atoms with Crippen molar-refractivity contribution in [3.63, 3.8) is 0 Å². The molecule has 2 heterocycles. The molecule has 1 unspecified atom stereocenters. The van der Waals surface area contributed by atoms with Gasteiger partial charge in [0.2, 0.25) is 5.91 Å². The van der Waals surface area contributed by atoms with Crippen molar-refractivity contribution in [2.75, 3.05) is 11.6 Å². The van der Waals surface area contributed by atoms with Gasteiger partial charge in [-0.25, -0.2) is 23.1 Å². The van der Waals surface area contributed by atoms with E-state index in [-0.39, 0.29) is 22.8 Å². The number of sulfone groups is 1. The normalized spacial score (nSPS) is 20.5. The van der Waals surface area contributed by atoms with Gasteiger partial charge in [-0.1, -0.05) is 6.92 Å². The van der Waals surface area contributed by atoms with Crippen LogP contribution in [-0.4, -0.2) is 46.4 Å². The Hall–Kier alpha value is -3.01. The largest absolute Gasteiger partial charge is 0.369 e. The molecule has 3 N–H and O–H groups in total. The summed E-state index contributed by atoms with van der Waals surface area (Å²) in [6.07, 6.45) is 8.16. The van der Waals surface area contributed by atoms with E-state index in [2.05, 4.69) is 20.4 Å². The van der Waals surface area contributed by atoms with Gasteiger partial charge in [-0.15, -0.1) is 0 Å². The maximum Gasteiger partial charge on any atom is 0.220 e. The highest BCUT2D eigenvalue weighted by Gasteiger charge is 2.28. The summed E-state index contributed by atoms with van der Waals surface area (Å²) in [5.41, 5.74) is 6.81. The van der Waals surface area contributed by atoms with Gasteiger partial charge in [0.05, 0.1) is 22.2 Å². The summed E-state index contributed by atoms with van der Waals surface area (Å²) in [5, 5.41) is 8.74. The Bertz CT molecular complexity index is 1200. The first kappa shape index (κ1) is 21.2. The van der Waals surface area contributed by atoms with Gasteiger partial charge in [0.1, 0.15) is 12.1 Å². The summed E-state index contributed by atoms with van der Waals surface area (Å²) in [5.74, 6) is 0.721. The number of nitrogens with one attached hydrogen (secondary N) is 1. The Balaban J connectivity index is 1.53. The predicted molar refractivity (Wildman–Crippen MR) is 117 cm³/mol. The molecule has 0 saturated heterocycles. The number of amides is 1. The summed E-state index contributed by atoms with van der Waals surface area (Å²) in [6, 6.07) is 6.79. The minimum absolute atomic E-state index is 0.0981. The summed E-state index contributed by atoms with van der Waals surface area (Å²) in [7, 11) is -3.26. The lowest BCUT2D eigenvalue weighted by Gasteiger charge is -2.31. The number of primary amides is 1. The number of benzene rings is 1. The molecule has 2 aromatic heterocycles. The molecule has 0 aliphatic heterocycles. The fraction of sp³-hybridized carbons (Fsp3) is 0.429. The van der Waals surface area contributed by atoms with Gasteiger partial charge in [0, 0.05) is 18.2 Å². The number of carbonyl (C=O) groups is 1. The van der Waals surface area contributed by atoms with Gasteiger partial charge in [0.25, 0.3) is 0 Å². The van der Waals surface area contributed by atoms with Crippen LogP contribution in [0.4, 0.5) is 5.82 Å². The number of carbonyl (C=O) groups excluding carboxylic acids is 1. The van der Waals surface area contributed by atoms with E-state index in [4.69, 9.17) is 5.73 Å². The minimum Gasteiger partial charge on any atom is -0.369 e. The average Bonchev–Trinajstić information content (AvgIpc) is 3.18. The second-order valence-corrected chi connectivity index (χ2v) is 10.2. The van der Waals surface area contributed by atoms with Crippen molar-refractivity contribution < 1.29 is 13.2 Å². The van der Waals surface area contributed by atoms with Crippen LogP contribution >= 0.6 is 0 Å². The molecule has 1 aliphatic rings. The maximum atomic E-state index is 11.7. The zero-order valence-corrected chi connectivity index (χ0v) is 18.3. The first-order valence-corrected chi connectivity index (χ1v) is 12.2. The summed E-state index contributed by atoms with van der Waals surface area (Å²) >= 11 is 0. The second-order valence-electron chi connectivity index (χ2n) is 8.23. The SMILES string of the molecule is CC(C(N)=O)C1CCC(Nc2ncnc3c2cnn3-c2ccc(S(C)(=O)=O)cc2)CC1. The quantitative estimate of drug-likeness (QED) is 0.598. The van der Waals surface area contributed by atoms with Crippen LogP contribution in [0.2, 0.25) is 0 Å². The molecule has 4 rings (SSSR count). The number of nitrogens with zero attached hydrogens (tertiary/aromatic N) is 4. The van der Waals surface area contributed by atoms with E-state index in [0.717, 1.165) is 36.9 Å². The minimum atomic E-state index is -3.26. The van der Waals surface area contributed by atoms with E-state index in [0.29, 0.717) is 17.3 Å². The highest BCUT2D eigenvalue weighted by atomic mass is 32.2. The molecule has 1 amide bonds. The van der Waals surface area contributed by atoms with Crippen molar-refractivity contribution in [3.8, 4) is 5.69 Å². The lowest BCUT2D eigenvalue weighted by molar-refractivity contribution is -0.123. The molecule has 10 heteroatoms. The van der Waals surface area contributed by atoms with Crippen molar-refractivity contribution in [2.45, 2.75) is 43.5 Å². The van der Waals surface area contributed by atoms with Crippen LogP contribution in [0.25, 0.3) is 16.7 Å². The zero-order chi connectivity index (χ0) is 22.2. The number of rotatable bonds is 6. The lowest BCUT2D eigenvalue weighted by Crippen LogP contribution is -2.33. The highest BCUT2D eigenvalue weighted by molar-refractivity contribution is 7.90. The lowest BCUT2D eigenvalue weighted by atomic mass is 9.78. The third kappa shape index (κ3) is 4.39. The molecule has 1 aromatic carbocycles. The second kappa shape index (κ2) is 8.26. The van der Waals surface area contributed by atoms with Crippen LogP contribution in [0, 0.1) is 11.8 Å². The third-order valence-electron chi connectivity index (χ3n) is 6.14. The van der Waals surface area contributed by atoms with Crippen LogP contribution in [0.5, 0.6) is 0 Å². The van der Waals surface area contributed by atoms with Crippen molar-refractivity contribution in [2.24, 2.45) is 17.6 Å². The zero-order valence-electron chi connectivity index (χ0n) is 17.5. The summed E-state index contributed by atoms with van der Waals surface area (Å²) < 4.78 is 25.1. The molecule has 3 aromatic rings. The number of hydrogen-bond donors (Lipinski definition) is 2. The molecule has 1 atom stereocenters. The summed E-state index contributed by atoms with van der Waals surface area (Å²) in [6.45, 7) is 1.91. The Morgan fingerprint density at radius 2 is 1.84 bits per heavy atom. The molecule has 9 nitrogen and oxygen atoms in total. The number of nitrogens with two attached hydrogens (primary N) is 1. The Morgan fingerprint density at radius 3 is 2.45 bits per heavy atom. The predicted octanol–water partition coefficient (Wildman–Crippen LogP) is 2.31. The van der Waals surface area contributed by atoms with Gasteiger partial charge < -0.3 is 11.1 Å². The molecule has 164 valence electrons. The smallest absolute Gasteiger partial charge is 0.220 e. The van der Waals surface area contributed by atoms with E-state index >= 15 is 0 Å². The van der Waals surface area contributed by atoms with E-state index < -0.39 is 9.84 Å². The summed E-state index contributed by atoms with van der Waals surface area (Å²) in [4.78, 5) is 20.5. The number of aromatic nitrogens is 4. The average molecular weight is 443 g/mol. The van der Waals surface area contributed by atoms with E-state index in [1.165, 1.54) is 12.6 Å². The van der Waals surface area contributed by atoms with Crippen LogP contribution in [0.3, 0.4) is 0 Å². The van der Waals surface area contributed by atoms with Crippen LogP contribution < -0.4 is 11.1 Å². The van der Waals surface area contributed by atoms with Gasteiger partial charge in [-0.3, -0.25) is 4.79 Å². The van der Waals surface area contributed by atoms with Gasteiger partial charge in [-0.2, -0.15) is 5.10 Å². The van der Waals surface area contributed by atoms with Gasteiger partial charge >= 0.3 is 0 Å². The van der Waals surface area contributed by atoms with Crippen LogP contribution in [-0.2, 0) is 14.6 Å².